The van der Waals surface area contributed by atoms with E-state index < -0.39 is 6.04 Å². The average Bonchev–Trinajstić information content (AvgIpc) is 2.72. The molecule has 0 saturated carbocycles. The van der Waals surface area contributed by atoms with Gasteiger partial charge in [-0.2, -0.15) is 0 Å². The van der Waals surface area contributed by atoms with E-state index in [-0.39, 0.29) is 12.5 Å². The van der Waals surface area contributed by atoms with E-state index in [1.54, 1.807) is 30.5 Å². The summed E-state index contributed by atoms with van der Waals surface area (Å²) >= 11 is 0. The Kier molecular flexibility index (Phi) is 5.96. The molecule has 132 valence electrons. The molecule has 0 spiro atoms. The van der Waals surface area contributed by atoms with Gasteiger partial charge >= 0.3 is 0 Å². The predicted molar refractivity (Wildman–Crippen MR) is 98.7 cm³/mol. The summed E-state index contributed by atoms with van der Waals surface area (Å²) in [6.07, 6.45) is 1.72. The first-order valence-corrected chi connectivity index (χ1v) is 8.35. The van der Waals surface area contributed by atoms with Crippen molar-refractivity contribution in [3.63, 3.8) is 0 Å². The topological polar surface area (TPSA) is 71.5 Å². The Balaban J connectivity index is 1.59. The molecule has 0 aliphatic rings. The van der Waals surface area contributed by atoms with Gasteiger partial charge in [-0.05, 0) is 42.0 Å². The second-order valence-electron chi connectivity index (χ2n) is 5.75. The minimum Gasteiger partial charge on any atom is -0.487 e. The summed E-state index contributed by atoms with van der Waals surface area (Å²) < 4.78 is 5.66. The minimum atomic E-state index is -0.441. The lowest BCUT2D eigenvalue weighted by Gasteiger charge is -2.17. The largest absolute Gasteiger partial charge is 0.487 e. The molecule has 0 saturated heterocycles. The lowest BCUT2D eigenvalue weighted by Crippen LogP contribution is -2.30. The van der Waals surface area contributed by atoms with Crippen molar-refractivity contribution >= 4 is 5.91 Å². The van der Waals surface area contributed by atoms with Gasteiger partial charge in [-0.1, -0.05) is 36.4 Å². The van der Waals surface area contributed by atoms with E-state index in [9.17, 15) is 9.90 Å². The quantitative estimate of drug-likeness (QED) is 0.688. The Bertz CT molecular complexity index is 821. The van der Waals surface area contributed by atoms with Crippen LogP contribution in [0.5, 0.6) is 5.75 Å². The molecule has 3 aromatic rings. The van der Waals surface area contributed by atoms with Crippen LogP contribution in [0.1, 0.15) is 27.7 Å². The fraction of sp³-hybridized carbons (Fsp3) is 0.143. The molecule has 1 unspecified atom stereocenters. The first kappa shape index (κ1) is 17.6. The Hall–Kier alpha value is -3.18. The highest BCUT2D eigenvalue weighted by atomic mass is 16.5. The van der Waals surface area contributed by atoms with Crippen LogP contribution in [0.25, 0.3) is 0 Å². The molecule has 5 heteroatoms. The van der Waals surface area contributed by atoms with Crippen molar-refractivity contribution in [2.24, 2.45) is 0 Å². The second-order valence-corrected chi connectivity index (χ2v) is 5.75. The van der Waals surface area contributed by atoms with Gasteiger partial charge in [0, 0.05) is 11.8 Å². The maximum Gasteiger partial charge on any atom is 0.251 e. The van der Waals surface area contributed by atoms with Crippen molar-refractivity contribution in [3.05, 3.63) is 95.8 Å². The van der Waals surface area contributed by atoms with Crippen molar-refractivity contribution < 1.29 is 14.6 Å². The molecule has 0 radical (unpaired) electrons. The summed E-state index contributed by atoms with van der Waals surface area (Å²) in [5.41, 5.74) is 2.20. The van der Waals surface area contributed by atoms with Crippen LogP contribution in [-0.4, -0.2) is 22.6 Å². The number of hydrogen-bond donors (Lipinski definition) is 2. The van der Waals surface area contributed by atoms with Gasteiger partial charge in [0.2, 0.25) is 0 Å². The van der Waals surface area contributed by atoms with Crippen molar-refractivity contribution in [3.8, 4) is 5.75 Å². The minimum absolute atomic E-state index is 0.166. The number of ether oxygens (including phenoxy) is 1. The third-order valence-corrected chi connectivity index (χ3v) is 3.92. The normalized spacial score (nSPS) is 11.6. The molecule has 1 amide bonds. The van der Waals surface area contributed by atoms with E-state index in [4.69, 9.17) is 4.74 Å². The number of carbonyl (C=O) groups excluding carboxylic acids is 1. The molecule has 1 atom stereocenters. The smallest absolute Gasteiger partial charge is 0.251 e. The number of aliphatic hydroxyl groups is 1. The number of aromatic nitrogens is 1. The molecule has 0 fully saturated rings. The number of amides is 1. The number of pyridine rings is 1. The van der Waals surface area contributed by atoms with E-state index in [2.05, 4.69) is 10.3 Å². The van der Waals surface area contributed by atoms with Crippen LogP contribution in [-0.2, 0) is 6.61 Å². The van der Waals surface area contributed by atoms with Gasteiger partial charge < -0.3 is 15.2 Å². The van der Waals surface area contributed by atoms with Crippen molar-refractivity contribution in [2.75, 3.05) is 6.61 Å². The first-order valence-electron chi connectivity index (χ1n) is 8.35. The lowest BCUT2D eigenvalue weighted by molar-refractivity contribution is 0.0916. The Morgan fingerprint density at radius 3 is 2.38 bits per heavy atom. The van der Waals surface area contributed by atoms with Gasteiger partial charge in [0.25, 0.3) is 5.91 Å². The highest BCUT2D eigenvalue weighted by Gasteiger charge is 2.14. The molecule has 1 aromatic heterocycles. The Morgan fingerprint density at radius 2 is 1.73 bits per heavy atom. The van der Waals surface area contributed by atoms with Gasteiger partial charge in [0.05, 0.1) is 18.3 Å². The van der Waals surface area contributed by atoms with Crippen LogP contribution < -0.4 is 10.1 Å². The van der Waals surface area contributed by atoms with Gasteiger partial charge in [-0.15, -0.1) is 0 Å². The summed E-state index contributed by atoms with van der Waals surface area (Å²) in [6, 6.07) is 21.5. The van der Waals surface area contributed by atoms with Crippen LogP contribution in [0.15, 0.2) is 79.0 Å². The summed E-state index contributed by atoms with van der Waals surface area (Å²) in [7, 11) is 0. The third kappa shape index (κ3) is 4.68. The molecule has 2 aromatic carbocycles. The number of hydrogen-bond acceptors (Lipinski definition) is 4. The molecule has 2 N–H and O–H groups in total. The highest BCUT2D eigenvalue weighted by Crippen LogP contribution is 2.16. The van der Waals surface area contributed by atoms with Crippen molar-refractivity contribution in [2.45, 2.75) is 12.6 Å². The van der Waals surface area contributed by atoms with Crippen LogP contribution in [0, 0.1) is 0 Å². The van der Waals surface area contributed by atoms with Crippen LogP contribution in [0.4, 0.5) is 0 Å². The number of nitrogens with one attached hydrogen (secondary N) is 1. The molecule has 5 nitrogen and oxygen atoms in total. The number of benzene rings is 2. The molecule has 0 aliphatic carbocycles. The lowest BCUT2D eigenvalue weighted by atomic mass is 10.1. The van der Waals surface area contributed by atoms with E-state index in [1.165, 1.54) is 0 Å². The van der Waals surface area contributed by atoms with Crippen molar-refractivity contribution in [1.29, 1.82) is 0 Å². The average molecular weight is 348 g/mol. The fourth-order valence-electron chi connectivity index (χ4n) is 2.50. The number of carbonyl (C=O) groups is 1. The van der Waals surface area contributed by atoms with Gasteiger partial charge in [0.1, 0.15) is 12.4 Å². The summed E-state index contributed by atoms with van der Waals surface area (Å²) in [5.74, 6) is 0.415. The van der Waals surface area contributed by atoms with E-state index >= 15 is 0 Å². The molecular weight excluding hydrogens is 328 g/mol. The number of rotatable bonds is 7. The summed E-state index contributed by atoms with van der Waals surface area (Å²) in [4.78, 5) is 16.6. The molecule has 0 aliphatic heterocycles. The van der Waals surface area contributed by atoms with Gasteiger partial charge in [0.15, 0.2) is 0 Å². The third-order valence-electron chi connectivity index (χ3n) is 3.92. The first-order chi connectivity index (χ1) is 12.8. The van der Waals surface area contributed by atoms with Gasteiger partial charge in [-0.25, -0.2) is 0 Å². The van der Waals surface area contributed by atoms with E-state index in [1.807, 2.05) is 48.5 Å². The SMILES string of the molecule is O=C(NC(CO)c1ccccc1)c1ccc(OCc2ccccn2)cc1. The Morgan fingerprint density at radius 1 is 1.00 bits per heavy atom. The maximum atomic E-state index is 12.4. The molecular formula is C21H20N2O3. The van der Waals surface area contributed by atoms with Crippen LogP contribution in [0.3, 0.4) is 0 Å². The monoisotopic (exact) mass is 348 g/mol. The zero-order valence-electron chi connectivity index (χ0n) is 14.2. The van der Waals surface area contributed by atoms with E-state index in [0.717, 1.165) is 11.3 Å². The van der Waals surface area contributed by atoms with Crippen molar-refractivity contribution in [1.82, 2.24) is 10.3 Å². The fourth-order valence-corrected chi connectivity index (χ4v) is 2.50. The molecule has 26 heavy (non-hydrogen) atoms. The number of nitrogens with zero attached hydrogens (tertiary/aromatic N) is 1. The zero-order valence-corrected chi connectivity index (χ0v) is 14.2. The Labute approximate surface area is 152 Å². The highest BCUT2D eigenvalue weighted by molar-refractivity contribution is 5.94. The summed E-state index contributed by atoms with van der Waals surface area (Å²) in [6.45, 7) is 0.202. The van der Waals surface area contributed by atoms with Crippen LogP contribution in [0.2, 0.25) is 0 Å². The predicted octanol–water partition coefficient (Wildman–Crippen LogP) is 3.12. The maximum absolute atomic E-state index is 12.4. The molecule has 1 heterocycles. The molecule has 0 bridgehead atoms. The zero-order chi connectivity index (χ0) is 18.2. The molecule has 3 rings (SSSR count). The summed E-state index contributed by atoms with van der Waals surface area (Å²) in [5, 5.41) is 12.4. The number of aliphatic hydroxyl groups excluding tert-OH is 1. The van der Waals surface area contributed by atoms with Crippen LogP contribution >= 0.6 is 0 Å². The second kappa shape index (κ2) is 8.78. The van der Waals surface area contributed by atoms with E-state index in [0.29, 0.717) is 17.9 Å². The standard InChI is InChI=1S/C21H20N2O3/c24-14-20(16-6-2-1-3-7-16)23-21(25)17-9-11-19(12-10-17)26-15-18-8-4-5-13-22-18/h1-13,20,24H,14-15H2,(H,23,25). The van der Waals surface area contributed by atoms with Gasteiger partial charge in [-0.3, -0.25) is 9.78 Å².